The fourth-order valence-electron chi connectivity index (χ4n) is 1.19. The molecule has 0 aliphatic carbocycles. The molecule has 1 amide bonds. The molecule has 0 saturated heterocycles. The van der Waals surface area contributed by atoms with Crippen molar-refractivity contribution in [3.05, 3.63) is 17.8 Å². The Hall–Kier alpha value is -1.36. The maximum atomic E-state index is 11.3. The van der Waals surface area contributed by atoms with Crippen molar-refractivity contribution in [1.82, 2.24) is 10.3 Å². The van der Waals surface area contributed by atoms with Gasteiger partial charge in [-0.25, -0.2) is 4.98 Å². The van der Waals surface area contributed by atoms with Gasteiger partial charge in [-0.15, -0.1) is 0 Å². The van der Waals surface area contributed by atoms with Gasteiger partial charge in [-0.1, -0.05) is 0 Å². The molecule has 0 bridgehead atoms. The van der Waals surface area contributed by atoms with Gasteiger partial charge in [0.05, 0.1) is 6.20 Å². The van der Waals surface area contributed by atoms with Crippen molar-refractivity contribution in [3.63, 3.8) is 0 Å². The van der Waals surface area contributed by atoms with Crippen LogP contribution in [0.3, 0.4) is 0 Å². The van der Waals surface area contributed by atoms with Crippen LogP contribution in [0.4, 0.5) is 0 Å². The molecule has 0 aliphatic rings. The number of oxazole rings is 1. The summed E-state index contributed by atoms with van der Waals surface area (Å²) in [5, 5.41) is 11.3. The number of hydrogen-bond acceptors (Lipinski definition) is 4. The molecule has 1 unspecified atom stereocenters. The predicted molar refractivity (Wildman–Crippen MR) is 54.1 cm³/mol. The number of amides is 1. The maximum Gasteiger partial charge on any atom is 0.220 e. The molecule has 2 N–H and O–H groups in total. The van der Waals surface area contributed by atoms with Crippen LogP contribution in [0.2, 0.25) is 0 Å². The molecule has 15 heavy (non-hydrogen) atoms. The van der Waals surface area contributed by atoms with Gasteiger partial charge in [-0.2, -0.15) is 0 Å². The minimum absolute atomic E-state index is 0.0277. The van der Waals surface area contributed by atoms with Crippen molar-refractivity contribution in [2.75, 3.05) is 6.61 Å². The number of aryl methyl sites for hydroxylation is 1. The van der Waals surface area contributed by atoms with E-state index in [0.717, 1.165) is 5.76 Å². The lowest BCUT2D eigenvalue weighted by Crippen LogP contribution is -2.26. The Morgan fingerprint density at radius 3 is 3.00 bits per heavy atom. The smallest absolute Gasteiger partial charge is 0.220 e. The van der Waals surface area contributed by atoms with Crippen LogP contribution in [0.15, 0.2) is 10.6 Å². The summed E-state index contributed by atoms with van der Waals surface area (Å²) in [5.41, 5.74) is 0. The van der Waals surface area contributed by atoms with Crippen molar-refractivity contribution in [2.24, 2.45) is 0 Å². The minimum atomic E-state index is -0.232. The van der Waals surface area contributed by atoms with E-state index in [2.05, 4.69) is 10.3 Å². The fraction of sp³-hybridized carbons (Fsp3) is 0.600. The molecule has 1 heterocycles. The van der Waals surface area contributed by atoms with Gasteiger partial charge in [0.2, 0.25) is 11.8 Å². The van der Waals surface area contributed by atoms with Crippen molar-refractivity contribution in [1.29, 1.82) is 0 Å². The van der Waals surface area contributed by atoms with Gasteiger partial charge in [0.25, 0.3) is 0 Å². The molecule has 0 aromatic carbocycles. The zero-order valence-electron chi connectivity index (χ0n) is 8.99. The highest BCUT2D eigenvalue weighted by Crippen LogP contribution is 2.11. The molecule has 0 spiro atoms. The van der Waals surface area contributed by atoms with Crippen molar-refractivity contribution < 1.29 is 14.3 Å². The van der Waals surface area contributed by atoms with Crippen LogP contribution in [0.25, 0.3) is 0 Å². The second-order valence-electron chi connectivity index (χ2n) is 3.43. The number of nitrogens with zero attached hydrogens (tertiary/aromatic N) is 1. The third-order valence-electron chi connectivity index (χ3n) is 1.95. The summed E-state index contributed by atoms with van der Waals surface area (Å²) < 4.78 is 5.28. The van der Waals surface area contributed by atoms with Gasteiger partial charge < -0.3 is 14.8 Å². The lowest BCUT2D eigenvalue weighted by atomic mass is 10.2. The summed E-state index contributed by atoms with van der Waals surface area (Å²) in [6.07, 6.45) is 2.41. The number of aliphatic hydroxyl groups excluding tert-OH is 1. The third-order valence-corrected chi connectivity index (χ3v) is 1.95. The van der Waals surface area contributed by atoms with Crippen LogP contribution in [0.5, 0.6) is 0 Å². The molecule has 0 fully saturated rings. The van der Waals surface area contributed by atoms with Crippen molar-refractivity contribution in [2.45, 2.75) is 32.7 Å². The lowest BCUT2D eigenvalue weighted by molar-refractivity contribution is -0.122. The van der Waals surface area contributed by atoms with E-state index in [1.165, 1.54) is 0 Å². The van der Waals surface area contributed by atoms with Crippen LogP contribution in [0.1, 0.15) is 37.5 Å². The molecule has 84 valence electrons. The summed E-state index contributed by atoms with van der Waals surface area (Å²) in [4.78, 5) is 15.3. The van der Waals surface area contributed by atoms with E-state index in [1.807, 2.05) is 6.92 Å². The highest BCUT2D eigenvalue weighted by Gasteiger charge is 2.13. The number of aromatic nitrogens is 1. The number of carbonyl (C=O) groups is 1. The average molecular weight is 212 g/mol. The largest absolute Gasteiger partial charge is 0.444 e. The number of carbonyl (C=O) groups excluding carboxylic acids is 1. The van der Waals surface area contributed by atoms with E-state index in [4.69, 9.17) is 9.52 Å². The Morgan fingerprint density at radius 2 is 2.47 bits per heavy atom. The highest BCUT2D eigenvalue weighted by molar-refractivity contribution is 5.76. The zero-order valence-corrected chi connectivity index (χ0v) is 8.99. The zero-order chi connectivity index (χ0) is 11.3. The van der Waals surface area contributed by atoms with Gasteiger partial charge in [0.1, 0.15) is 11.8 Å². The standard InChI is InChI=1S/C10H16N2O3/c1-7-6-11-10(15-7)8(2)12-9(14)4-3-5-13/h6,8,13H,3-5H2,1-2H3,(H,12,14). The average Bonchev–Trinajstić information content (AvgIpc) is 2.61. The second kappa shape index (κ2) is 5.50. The van der Waals surface area contributed by atoms with Crippen molar-refractivity contribution in [3.8, 4) is 0 Å². The van der Waals surface area contributed by atoms with Crippen LogP contribution >= 0.6 is 0 Å². The molecule has 1 rings (SSSR count). The Bertz CT molecular complexity index is 322. The van der Waals surface area contributed by atoms with Gasteiger partial charge in [-0.3, -0.25) is 4.79 Å². The summed E-state index contributed by atoms with van der Waals surface area (Å²) in [6, 6.07) is -0.232. The first-order valence-electron chi connectivity index (χ1n) is 4.96. The van der Waals surface area contributed by atoms with Gasteiger partial charge in [-0.05, 0) is 20.3 Å². The Balaban J connectivity index is 2.41. The van der Waals surface area contributed by atoms with Gasteiger partial charge in [0.15, 0.2) is 0 Å². The molecule has 5 heteroatoms. The molecule has 0 saturated carbocycles. The highest BCUT2D eigenvalue weighted by atomic mass is 16.4. The predicted octanol–water partition coefficient (Wildman–Crippen LogP) is 0.933. The van der Waals surface area contributed by atoms with Crippen LogP contribution in [-0.2, 0) is 4.79 Å². The number of hydrogen-bond donors (Lipinski definition) is 2. The second-order valence-corrected chi connectivity index (χ2v) is 3.43. The fourth-order valence-corrected chi connectivity index (χ4v) is 1.19. The Kier molecular flexibility index (Phi) is 4.30. The monoisotopic (exact) mass is 212 g/mol. The van der Waals surface area contributed by atoms with E-state index >= 15 is 0 Å². The first kappa shape index (κ1) is 11.7. The lowest BCUT2D eigenvalue weighted by Gasteiger charge is -2.09. The van der Waals surface area contributed by atoms with E-state index in [9.17, 15) is 4.79 Å². The summed E-state index contributed by atoms with van der Waals surface area (Å²) >= 11 is 0. The number of aliphatic hydroxyl groups is 1. The SMILES string of the molecule is Cc1cnc(C(C)NC(=O)CCCO)o1. The molecular formula is C10H16N2O3. The first-order chi connectivity index (χ1) is 7.13. The Morgan fingerprint density at radius 1 is 1.73 bits per heavy atom. The molecule has 1 atom stereocenters. The van der Waals surface area contributed by atoms with Crippen molar-refractivity contribution >= 4 is 5.91 Å². The first-order valence-corrected chi connectivity index (χ1v) is 4.96. The van der Waals surface area contributed by atoms with E-state index < -0.39 is 0 Å². The molecule has 0 radical (unpaired) electrons. The number of nitrogens with one attached hydrogen (secondary N) is 1. The topological polar surface area (TPSA) is 75.4 Å². The van der Waals surface area contributed by atoms with E-state index in [0.29, 0.717) is 18.7 Å². The van der Waals surface area contributed by atoms with Crippen LogP contribution < -0.4 is 5.32 Å². The summed E-state index contributed by atoms with van der Waals surface area (Å²) in [7, 11) is 0. The third kappa shape index (κ3) is 3.71. The minimum Gasteiger partial charge on any atom is -0.444 e. The summed E-state index contributed by atoms with van der Waals surface area (Å²) in [5.74, 6) is 1.12. The normalized spacial score (nSPS) is 12.5. The van der Waals surface area contributed by atoms with Gasteiger partial charge >= 0.3 is 0 Å². The van der Waals surface area contributed by atoms with Crippen LogP contribution in [-0.4, -0.2) is 22.6 Å². The maximum absolute atomic E-state index is 11.3. The van der Waals surface area contributed by atoms with E-state index in [-0.39, 0.29) is 18.6 Å². The number of rotatable bonds is 5. The molecule has 1 aromatic heterocycles. The Labute approximate surface area is 88.5 Å². The summed E-state index contributed by atoms with van der Waals surface area (Å²) in [6.45, 7) is 3.64. The van der Waals surface area contributed by atoms with Gasteiger partial charge in [0, 0.05) is 13.0 Å². The molecule has 1 aromatic rings. The molecule has 0 aliphatic heterocycles. The van der Waals surface area contributed by atoms with Crippen LogP contribution in [0, 0.1) is 6.92 Å². The quantitative estimate of drug-likeness (QED) is 0.761. The molecule has 5 nitrogen and oxygen atoms in total. The van der Waals surface area contributed by atoms with E-state index in [1.54, 1.807) is 13.1 Å². The molecular weight excluding hydrogens is 196 g/mol.